The lowest BCUT2D eigenvalue weighted by atomic mass is 9.74. The Morgan fingerprint density at radius 3 is 2.00 bits per heavy atom. The molecular formula is C11H20O. The summed E-state index contributed by atoms with van der Waals surface area (Å²) in [7, 11) is 0. The van der Waals surface area contributed by atoms with E-state index in [0.717, 1.165) is 11.8 Å². The Labute approximate surface area is 75.2 Å². The van der Waals surface area contributed by atoms with Crippen LogP contribution in [0.4, 0.5) is 0 Å². The van der Waals surface area contributed by atoms with E-state index < -0.39 is 0 Å². The van der Waals surface area contributed by atoms with Gasteiger partial charge in [0.15, 0.2) is 0 Å². The molecule has 0 amide bonds. The molecule has 70 valence electrons. The first kappa shape index (κ1) is 8.55. The van der Waals surface area contributed by atoms with Crippen molar-refractivity contribution in [3.8, 4) is 0 Å². The van der Waals surface area contributed by atoms with Gasteiger partial charge >= 0.3 is 0 Å². The van der Waals surface area contributed by atoms with Gasteiger partial charge in [0.05, 0.1) is 6.10 Å². The molecule has 0 aromatic heterocycles. The SMILES string of the molecule is CC(C)C1CC2CCC(C1)C2O. The zero-order valence-electron chi connectivity index (χ0n) is 8.16. The average molecular weight is 168 g/mol. The second kappa shape index (κ2) is 3.02. The lowest BCUT2D eigenvalue weighted by Gasteiger charge is -2.34. The highest BCUT2D eigenvalue weighted by molar-refractivity contribution is 4.92. The van der Waals surface area contributed by atoms with Crippen molar-refractivity contribution in [2.45, 2.75) is 45.6 Å². The number of fused-ring (bicyclic) bond motifs is 2. The van der Waals surface area contributed by atoms with E-state index in [1.165, 1.54) is 25.7 Å². The van der Waals surface area contributed by atoms with E-state index in [-0.39, 0.29) is 6.10 Å². The van der Waals surface area contributed by atoms with Crippen LogP contribution in [0.5, 0.6) is 0 Å². The van der Waals surface area contributed by atoms with Gasteiger partial charge in [-0.3, -0.25) is 0 Å². The third kappa shape index (κ3) is 1.28. The van der Waals surface area contributed by atoms with Crippen LogP contribution in [0.3, 0.4) is 0 Å². The van der Waals surface area contributed by atoms with Gasteiger partial charge < -0.3 is 5.11 Å². The molecule has 2 aliphatic rings. The Morgan fingerprint density at radius 1 is 1.08 bits per heavy atom. The molecule has 1 nitrogen and oxygen atoms in total. The molecule has 1 heteroatoms. The van der Waals surface area contributed by atoms with Crippen LogP contribution in [0.25, 0.3) is 0 Å². The summed E-state index contributed by atoms with van der Waals surface area (Å²) in [4.78, 5) is 0. The molecule has 1 N–H and O–H groups in total. The molecule has 2 atom stereocenters. The van der Waals surface area contributed by atoms with E-state index in [0.29, 0.717) is 11.8 Å². The van der Waals surface area contributed by atoms with Crippen molar-refractivity contribution in [1.82, 2.24) is 0 Å². The summed E-state index contributed by atoms with van der Waals surface area (Å²) >= 11 is 0. The number of hydrogen-bond donors (Lipinski definition) is 1. The van der Waals surface area contributed by atoms with Crippen LogP contribution in [0.15, 0.2) is 0 Å². The quantitative estimate of drug-likeness (QED) is 0.637. The van der Waals surface area contributed by atoms with Crippen LogP contribution in [-0.4, -0.2) is 11.2 Å². The molecule has 0 aromatic rings. The molecule has 2 bridgehead atoms. The number of aliphatic hydroxyl groups excluding tert-OH is 1. The Bertz CT molecular complexity index is 150. The third-order valence-electron chi connectivity index (χ3n) is 4.03. The summed E-state index contributed by atoms with van der Waals surface area (Å²) in [6.07, 6.45) is 5.20. The average Bonchev–Trinajstić information content (AvgIpc) is 2.30. The Kier molecular flexibility index (Phi) is 2.16. The van der Waals surface area contributed by atoms with E-state index in [1.807, 2.05) is 0 Å². The molecule has 2 unspecified atom stereocenters. The van der Waals surface area contributed by atoms with Gasteiger partial charge in [0.2, 0.25) is 0 Å². The van der Waals surface area contributed by atoms with Gasteiger partial charge in [0, 0.05) is 0 Å². The predicted molar refractivity (Wildman–Crippen MR) is 49.8 cm³/mol. The topological polar surface area (TPSA) is 20.2 Å². The zero-order valence-corrected chi connectivity index (χ0v) is 8.16. The molecule has 2 rings (SSSR count). The smallest absolute Gasteiger partial charge is 0.0596 e. The normalized spacial score (nSPS) is 47.0. The van der Waals surface area contributed by atoms with E-state index in [2.05, 4.69) is 13.8 Å². The first-order chi connectivity index (χ1) is 5.68. The number of aliphatic hydroxyl groups is 1. The van der Waals surface area contributed by atoms with Gasteiger partial charge in [-0.2, -0.15) is 0 Å². The van der Waals surface area contributed by atoms with Crippen LogP contribution in [-0.2, 0) is 0 Å². The highest BCUT2D eigenvalue weighted by Crippen LogP contribution is 2.46. The largest absolute Gasteiger partial charge is 0.393 e. The first-order valence-corrected chi connectivity index (χ1v) is 5.36. The highest BCUT2D eigenvalue weighted by atomic mass is 16.3. The van der Waals surface area contributed by atoms with Gasteiger partial charge in [0.25, 0.3) is 0 Å². The molecule has 0 spiro atoms. The molecule has 0 saturated heterocycles. The maximum atomic E-state index is 9.81. The van der Waals surface area contributed by atoms with Crippen molar-refractivity contribution in [1.29, 1.82) is 0 Å². The molecule has 0 aliphatic heterocycles. The second-order valence-electron chi connectivity index (χ2n) is 5.06. The van der Waals surface area contributed by atoms with Gasteiger partial charge in [-0.25, -0.2) is 0 Å². The molecule has 2 fully saturated rings. The van der Waals surface area contributed by atoms with Crippen LogP contribution in [0.1, 0.15) is 39.5 Å². The first-order valence-electron chi connectivity index (χ1n) is 5.36. The lowest BCUT2D eigenvalue weighted by molar-refractivity contribution is 0.0278. The van der Waals surface area contributed by atoms with Gasteiger partial charge in [-0.1, -0.05) is 13.8 Å². The Balaban J connectivity index is 2.02. The number of rotatable bonds is 1. The zero-order chi connectivity index (χ0) is 8.72. The van der Waals surface area contributed by atoms with E-state index >= 15 is 0 Å². The van der Waals surface area contributed by atoms with E-state index in [1.54, 1.807) is 0 Å². The Morgan fingerprint density at radius 2 is 1.58 bits per heavy atom. The van der Waals surface area contributed by atoms with Crippen LogP contribution in [0, 0.1) is 23.7 Å². The number of hydrogen-bond acceptors (Lipinski definition) is 1. The van der Waals surface area contributed by atoms with Crippen molar-refractivity contribution in [2.24, 2.45) is 23.7 Å². The summed E-state index contributed by atoms with van der Waals surface area (Å²) in [5.74, 6) is 3.01. The molecule has 0 heterocycles. The van der Waals surface area contributed by atoms with Gasteiger partial charge in [-0.05, 0) is 49.4 Å². The summed E-state index contributed by atoms with van der Waals surface area (Å²) < 4.78 is 0. The fourth-order valence-corrected chi connectivity index (χ4v) is 3.09. The van der Waals surface area contributed by atoms with E-state index in [9.17, 15) is 5.11 Å². The van der Waals surface area contributed by atoms with Crippen molar-refractivity contribution >= 4 is 0 Å². The van der Waals surface area contributed by atoms with Gasteiger partial charge in [0.1, 0.15) is 0 Å². The van der Waals surface area contributed by atoms with Crippen molar-refractivity contribution < 1.29 is 5.11 Å². The summed E-state index contributed by atoms with van der Waals surface area (Å²) in [6, 6.07) is 0. The van der Waals surface area contributed by atoms with Crippen molar-refractivity contribution in [3.05, 3.63) is 0 Å². The van der Waals surface area contributed by atoms with Crippen molar-refractivity contribution in [3.63, 3.8) is 0 Å². The third-order valence-corrected chi connectivity index (χ3v) is 4.03. The monoisotopic (exact) mass is 168 g/mol. The summed E-state index contributed by atoms with van der Waals surface area (Å²) in [5.41, 5.74) is 0. The molecule has 2 saturated carbocycles. The second-order valence-corrected chi connectivity index (χ2v) is 5.06. The van der Waals surface area contributed by atoms with Crippen LogP contribution >= 0.6 is 0 Å². The van der Waals surface area contributed by atoms with Crippen LogP contribution < -0.4 is 0 Å². The van der Waals surface area contributed by atoms with Crippen molar-refractivity contribution in [2.75, 3.05) is 0 Å². The van der Waals surface area contributed by atoms with E-state index in [4.69, 9.17) is 0 Å². The molecule has 2 aliphatic carbocycles. The lowest BCUT2D eigenvalue weighted by Crippen LogP contribution is -2.32. The molecule has 12 heavy (non-hydrogen) atoms. The molecular weight excluding hydrogens is 148 g/mol. The predicted octanol–water partition coefficient (Wildman–Crippen LogP) is 2.44. The fraction of sp³-hybridized carbons (Fsp3) is 1.00. The minimum Gasteiger partial charge on any atom is -0.393 e. The highest BCUT2D eigenvalue weighted by Gasteiger charge is 2.42. The minimum absolute atomic E-state index is 0.0556. The maximum absolute atomic E-state index is 9.81. The molecule has 0 aromatic carbocycles. The molecule has 0 radical (unpaired) electrons. The minimum atomic E-state index is 0.0556. The Hall–Kier alpha value is -0.0400. The summed E-state index contributed by atoms with van der Waals surface area (Å²) in [5, 5.41) is 9.81. The summed E-state index contributed by atoms with van der Waals surface area (Å²) in [6.45, 7) is 4.64. The maximum Gasteiger partial charge on any atom is 0.0596 e. The van der Waals surface area contributed by atoms with Crippen LogP contribution in [0.2, 0.25) is 0 Å². The fourth-order valence-electron chi connectivity index (χ4n) is 3.09. The van der Waals surface area contributed by atoms with Gasteiger partial charge in [-0.15, -0.1) is 0 Å². The standard InChI is InChI=1S/C11H20O/c1-7(2)10-5-8-3-4-9(6-10)11(8)12/h7-12H,3-6H2,1-2H3.